The van der Waals surface area contributed by atoms with E-state index in [0.29, 0.717) is 5.92 Å². The van der Waals surface area contributed by atoms with Crippen LogP contribution in [0.25, 0.3) is 0 Å². The van der Waals surface area contributed by atoms with E-state index in [2.05, 4.69) is 30.4 Å². The third-order valence-corrected chi connectivity index (χ3v) is 2.36. The van der Waals surface area contributed by atoms with Crippen molar-refractivity contribution in [3.05, 3.63) is 36.1 Å². The fraction of sp³-hybridized carbons (Fsp3) is 0.429. The van der Waals surface area contributed by atoms with Gasteiger partial charge in [-0.2, -0.15) is 0 Å². The molecule has 0 aliphatic rings. The third-order valence-electron chi connectivity index (χ3n) is 2.36. The van der Waals surface area contributed by atoms with Crippen molar-refractivity contribution in [2.45, 2.75) is 27.2 Å². The van der Waals surface area contributed by atoms with Crippen LogP contribution >= 0.6 is 0 Å². The first-order valence-electron chi connectivity index (χ1n) is 5.65. The van der Waals surface area contributed by atoms with Gasteiger partial charge in [0, 0.05) is 25.0 Å². The van der Waals surface area contributed by atoms with E-state index in [1.165, 1.54) is 0 Å². The molecule has 0 aromatic heterocycles. The summed E-state index contributed by atoms with van der Waals surface area (Å²) in [5, 5.41) is 0. The highest BCUT2D eigenvalue weighted by Gasteiger charge is 2.08. The third kappa shape index (κ3) is 4.87. The molecule has 0 aliphatic carbocycles. The van der Waals surface area contributed by atoms with Crippen molar-refractivity contribution in [1.82, 2.24) is 0 Å². The van der Waals surface area contributed by atoms with Crippen molar-refractivity contribution in [2.75, 3.05) is 7.05 Å². The molecule has 0 aliphatic heterocycles. The molecule has 0 fully saturated rings. The maximum atomic E-state index is 4.48. The second-order valence-electron chi connectivity index (χ2n) is 3.55. The van der Waals surface area contributed by atoms with Crippen molar-refractivity contribution in [1.29, 1.82) is 0 Å². The van der Waals surface area contributed by atoms with E-state index < -0.39 is 0 Å². The first kappa shape index (κ1) is 14.6. The van der Waals surface area contributed by atoms with Gasteiger partial charge in [0.15, 0.2) is 0 Å². The topological polar surface area (TPSA) is 24.7 Å². The summed E-state index contributed by atoms with van der Waals surface area (Å²) in [5.41, 5.74) is 2.04. The molecule has 0 N–H and O–H groups in total. The highest BCUT2D eigenvalue weighted by Crippen LogP contribution is 2.19. The number of nitrogens with zero attached hydrogens (tertiary/aromatic N) is 2. The summed E-state index contributed by atoms with van der Waals surface area (Å²) >= 11 is 0. The molecule has 0 heterocycles. The van der Waals surface area contributed by atoms with Crippen LogP contribution in [0.3, 0.4) is 0 Å². The van der Waals surface area contributed by atoms with E-state index in [0.717, 1.165) is 17.7 Å². The number of hydrogen-bond acceptors (Lipinski definition) is 2. The summed E-state index contributed by atoms with van der Waals surface area (Å²) in [6.45, 7) is 10.1. The van der Waals surface area contributed by atoms with Gasteiger partial charge in [-0.25, -0.2) is 0 Å². The molecule has 0 saturated heterocycles. The minimum absolute atomic E-state index is 0.410. The molecule has 0 saturated carbocycles. The Hall–Kier alpha value is -1.44. The number of hydrogen-bond donors (Lipinski definition) is 0. The largest absolute Gasteiger partial charge is 0.296 e. The molecule has 0 aromatic carbocycles. The highest BCUT2D eigenvalue weighted by atomic mass is 14.7. The molecular formula is C14H22N2. The minimum atomic E-state index is 0.410. The van der Waals surface area contributed by atoms with E-state index in [4.69, 9.17) is 0 Å². The molecule has 2 nitrogen and oxygen atoms in total. The smallest absolute Gasteiger partial charge is 0.0518 e. The summed E-state index contributed by atoms with van der Waals surface area (Å²) in [6.07, 6.45) is 10.4. The van der Waals surface area contributed by atoms with Crippen molar-refractivity contribution in [3.63, 3.8) is 0 Å². The molecule has 2 heteroatoms. The van der Waals surface area contributed by atoms with Gasteiger partial charge < -0.3 is 0 Å². The predicted molar refractivity (Wildman–Crippen MR) is 74.4 cm³/mol. The van der Waals surface area contributed by atoms with Gasteiger partial charge >= 0.3 is 0 Å². The molecule has 88 valence electrons. The Morgan fingerprint density at radius 1 is 1.44 bits per heavy atom. The Morgan fingerprint density at radius 3 is 2.56 bits per heavy atom. The van der Waals surface area contributed by atoms with Gasteiger partial charge in [0.25, 0.3) is 0 Å². The van der Waals surface area contributed by atoms with Crippen LogP contribution < -0.4 is 0 Å². The Kier molecular flexibility index (Phi) is 8.04. The molecule has 0 amide bonds. The van der Waals surface area contributed by atoms with Crippen LogP contribution in [0.5, 0.6) is 0 Å². The van der Waals surface area contributed by atoms with Gasteiger partial charge in [-0.1, -0.05) is 32.6 Å². The summed E-state index contributed by atoms with van der Waals surface area (Å²) in [4.78, 5) is 8.51. The van der Waals surface area contributed by atoms with Crippen LogP contribution in [0, 0.1) is 5.92 Å². The van der Waals surface area contributed by atoms with Gasteiger partial charge in [0.1, 0.15) is 0 Å². The summed E-state index contributed by atoms with van der Waals surface area (Å²) in [6, 6.07) is 0. The van der Waals surface area contributed by atoms with Crippen molar-refractivity contribution in [3.8, 4) is 0 Å². The molecule has 16 heavy (non-hydrogen) atoms. The SMILES string of the molecule is C=C\C(C=NC)=C(/N=C/C=C\C)C(C)CC. The lowest BCUT2D eigenvalue weighted by Gasteiger charge is -2.11. The predicted octanol–water partition coefficient (Wildman–Crippen LogP) is 3.82. The lowest BCUT2D eigenvalue weighted by Crippen LogP contribution is -2.00. The van der Waals surface area contributed by atoms with E-state index in [9.17, 15) is 0 Å². The Morgan fingerprint density at radius 2 is 2.12 bits per heavy atom. The molecule has 0 aromatic rings. The lowest BCUT2D eigenvalue weighted by molar-refractivity contribution is 0.647. The van der Waals surface area contributed by atoms with Crippen LogP contribution in [0.15, 0.2) is 46.1 Å². The van der Waals surface area contributed by atoms with Crippen LogP contribution in [0.1, 0.15) is 27.2 Å². The molecule has 0 rings (SSSR count). The number of rotatable bonds is 6. The van der Waals surface area contributed by atoms with Gasteiger partial charge in [-0.15, -0.1) is 0 Å². The van der Waals surface area contributed by atoms with Gasteiger partial charge in [-0.3, -0.25) is 9.98 Å². The van der Waals surface area contributed by atoms with Crippen LogP contribution in [0.2, 0.25) is 0 Å². The van der Waals surface area contributed by atoms with Crippen molar-refractivity contribution >= 4 is 12.4 Å². The van der Waals surface area contributed by atoms with E-state index in [1.807, 2.05) is 37.6 Å². The fourth-order valence-electron chi connectivity index (χ4n) is 1.25. The zero-order valence-electron chi connectivity index (χ0n) is 10.8. The van der Waals surface area contributed by atoms with Crippen LogP contribution in [-0.2, 0) is 0 Å². The zero-order chi connectivity index (χ0) is 12.4. The lowest BCUT2D eigenvalue weighted by atomic mass is 10.0. The van der Waals surface area contributed by atoms with Gasteiger partial charge in [0.05, 0.1) is 5.70 Å². The molecular weight excluding hydrogens is 196 g/mol. The average Bonchev–Trinajstić information content (AvgIpc) is 2.31. The molecule has 0 radical (unpaired) electrons. The maximum absolute atomic E-state index is 4.48. The summed E-state index contributed by atoms with van der Waals surface area (Å²) in [7, 11) is 1.76. The van der Waals surface area contributed by atoms with E-state index >= 15 is 0 Å². The number of aliphatic imine (C=N–C) groups is 2. The van der Waals surface area contributed by atoms with Crippen LogP contribution in [-0.4, -0.2) is 19.5 Å². The van der Waals surface area contributed by atoms with Crippen molar-refractivity contribution < 1.29 is 0 Å². The molecule has 0 bridgehead atoms. The van der Waals surface area contributed by atoms with Crippen molar-refractivity contribution in [2.24, 2.45) is 15.9 Å². The standard InChI is InChI=1S/C14H22N2/c1-6-9-10-16-14(12(4)7-2)13(8-3)11-15-5/h6,8-12H,3,7H2,1-2,4-5H3/b9-6-,14-13+,15-11?,16-10+. The molecule has 1 unspecified atom stereocenters. The van der Waals surface area contributed by atoms with Crippen LogP contribution in [0.4, 0.5) is 0 Å². The van der Waals surface area contributed by atoms with E-state index in [1.54, 1.807) is 7.05 Å². The molecule has 1 atom stereocenters. The molecule has 0 spiro atoms. The number of allylic oxidation sites excluding steroid dienone is 5. The zero-order valence-corrected chi connectivity index (χ0v) is 10.8. The second kappa shape index (κ2) is 8.84. The average molecular weight is 218 g/mol. The van der Waals surface area contributed by atoms with E-state index in [-0.39, 0.29) is 0 Å². The monoisotopic (exact) mass is 218 g/mol. The highest BCUT2D eigenvalue weighted by molar-refractivity contribution is 5.84. The maximum Gasteiger partial charge on any atom is 0.0518 e. The Bertz CT molecular complexity index is 320. The summed E-state index contributed by atoms with van der Waals surface area (Å²) in [5.74, 6) is 0.410. The summed E-state index contributed by atoms with van der Waals surface area (Å²) < 4.78 is 0. The first-order chi connectivity index (χ1) is 7.71. The Balaban J connectivity index is 5.25. The quantitative estimate of drug-likeness (QED) is 0.478. The normalized spacial score (nSPS) is 16.0. The van der Waals surface area contributed by atoms with Gasteiger partial charge in [-0.05, 0) is 25.3 Å². The first-order valence-corrected chi connectivity index (χ1v) is 5.65. The fourth-order valence-corrected chi connectivity index (χ4v) is 1.25. The Labute approximate surface area is 99.2 Å². The van der Waals surface area contributed by atoms with Gasteiger partial charge in [0.2, 0.25) is 0 Å². The second-order valence-corrected chi connectivity index (χ2v) is 3.55. The minimum Gasteiger partial charge on any atom is -0.296 e.